The fraction of sp³-hybridized carbons (Fsp3) is 0.304. The number of hydrogen-bond donors (Lipinski definition) is 1. The monoisotopic (exact) mass is 384 g/mol. The zero-order valence-corrected chi connectivity index (χ0v) is 18.2. The molecule has 1 unspecified atom stereocenters. The van der Waals surface area contributed by atoms with Gasteiger partial charge in [0.1, 0.15) is 0 Å². The fourth-order valence-corrected chi connectivity index (χ4v) is 8.75. The Labute approximate surface area is 160 Å². The van der Waals surface area contributed by atoms with Crippen molar-refractivity contribution in [2.75, 3.05) is 0 Å². The molecule has 2 aromatic rings. The van der Waals surface area contributed by atoms with Gasteiger partial charge in [-0.25, -0.2) is 0 Å². The molecular formula is C23H30OP2. The van der Waals surface area contributed by atoms with E-state index in [0.717, 1.165) is 0 Å². The van der Waals surface area contributed by atoms with Gasteiger partial charge in [0.15, 0.2) is 0 Å². The van der Waals surface area contributed by atoms with Crippen molar-refractivity contribution in [3.05, 3.63) is 84.5 Å². The summed E-state index contributed by atoms with van der Waals surface area (Å²) in [5, 5.41) is 2.81. The van der Waals surface area contributed by atoms with E-state index in [-0.39, 0.29) is 10.8 Å². The Morgan fingerprint density at radius 2 is 1.42 bits per heavy atom. The van der Waals surface area contributed by atoms with Crippen molar-refractivity contribution in [3.8, 4) is 0 Å². The van der Waals surface area contributed by atoms with Gasteiger partial charge in [0.25, 0.3) is 0 Å². The van der Waals surface area contributed by atoms with E-state index < -0.39 is 16.1 Å². The van der Waals surface area contributed by atoms with Gasteiger partial charge in [-0.3, -0.25) is 0 Å². The van der Waals surface area contributed by atoms with Crippen molar-refractivity contribution in [2.24, 2.45) is 0 Å². The van der Waals surface area contributed by atoms with E-state index >= 15 is 0 Å². The molecular weight excluding hydrogens is 354 g/mol. The van der Waals surface area contributed by atoms with Crippen LogP contribution in [0.25, 0.3) is 0 Å². The van der Waals surface area contributed by atoms with E-state index in [1.54, 1.807) is 0 Å². The van der Waals surface area contributed by atoms with Crippen LogP contribution in [0.4, 0.5) is 0 Å². The Morgan fingerprint density at radius 1 is 0.923 bits per heavy atom. The Kier molecular flexibility index (Phi) is 6.13. The standard InChI is InChI=1S/C23H30OP2/c1-18(21-16-11-17-22(21)26(24)23(2,3)4)25(19-12-7-5-8-13-19)20-14-9-6-10-15-20/h5-18,22,24H,26H2,1-4H3/t18-,22?/m0/s1. The first-order valence-electron chi connectivity index (χ1n) is 9.35. The molecule has 0 aliphatic heterocycles. The van der Waals surface area contributed by atoms with Crippen LogP contribution in [0.2, 0.25) is 0 Å². The number of hydrogen-bond acceptors (Lipinski definition) is 1. The van der Waals surface area contributed by atoms with Crippen molar-refractivity contribution in [1.29, 1.82) is 0 Å². The van der Waals surface area contributed by atoms with Crippen LogP contribution in [0.1, 0.15) is 27.7 Å². The minimum atomic E-state index is -1.93. The van der Waals surface area contributed by atoms with Gasteiger partial charge in [0.05, 0.1) is 0 Å². The average Bonchev–Trinajstić information content (AvgIpc) is 3.12. The van der Waals surface area contributed by atoms with E-state index in [4.69, 9.17) is 0 Å². The van der Waals surface area contributed by atoms with Crippen LogP contribution in [0.3, 0.4) is 0 Å². The van der Waals surface area contributed by atoms with Crippen LogP contribution >= 0.6 is 16.1 Å². The fourth-order valence-electron chi connectivity index (χ4n) is 3.68. The molecule has 0 spiro atoms. The number of benzene rings is 2. The molecule has 1 aliphatic rings. The van der Waals surface area contributed by atoms with Crippen molar-refractivity contribution in [2.45, 2.75) is 44.2 Å². The first-order valence-corrected chi connectivity index (χ1v) is 12.5. The van der Waals surface area contributed by atoms with Crippen LogP contribution in [0, 0.1) is 0 Å². The molecule has 0 saturated heterocycles. The number of rotatable bonds is 5. The Morgan fingerprint density at radius 3 is 1.88 bits per heavy atom. The van der Waals surface area contributed by atoms with Gasteiger partial charge < -0.3 is 0 Å². The van der Waals surface area contributed by atoms with Gasteiger partial charge >= 0.3 is 160 Å². The van der Waals surface area contributed by atoms with Crippen LogP contribution in [0.15, 0.2) is 84.5 Å². The molecule has 3 rings (SSSR count). The Hall–Kier alpha value is -1.26. The molecule has 26 heavy (non-hydrogen) atoms. The second kappa shape index (κ2) is 8.18. The third-order valence-electron chi connectivity index (χ3n) is 5.16. The van der Waals surface area contributed by atoms with Gasteiger partial charge in [-0.2, -0.15) is 0 Å². The normalized spacial score (nSPS) is 18.8. The topological polar surface area (TPSA) is 20.2 Å². The Bertz CT molecular complexity index is 735. The average molecular weight is 384 g/mol. The summed E-state index contributed by atoms with van der Waals surface area (Å²) in [7, 11) is -2.44. The third kappa shape index (κ3) is 4.17. The predicted octanol–water partition coefficient (Wildman–Crippen LogP) is 5.02. The maximum absolute atomic E-state index is 11.1. The third-order valence-corrected chi connectivity index (χ3v) is 11.0. The molecule has 0 fully saturated rings. The van der Waals surface area contributed by atoms with Crippen LogP contribution in [0.5, 0.6) is 0 Å². The summed E-state index contributed by atoms with van der Waals surface area (Å²) >= 11 is 0. The molecule has 2 aromatic carbocycles. The molecule has 0 radical (unpaired) electrons. The van der Waals surface area contributed by atoms with Crippen LogP contribution in [-0.4, -0.2) is 21.4 Å². The van der Waals surface area contributed by atoms with Gasteiger partial charge in [-0.15, -0.1) is 0 Å². The molecule has 138 valence electrons. The van der Waals surface area contributed by atoms with Crippen LogP contribution < -0.4 is 10.6 Å². The first kappa shape index (κ1) is 19.5. The van der Waals surface area contributed by atoms with Crippen molar-refractivity contribution >= 4 is 26.7 Å². The van der Waals surface area contributed by atoms with Gasteiger partial charge in [-0.1, -0.05) is 0 Å². The van der Waals surface area contributed by atoms with Crippen molar-refractivity contribution < 1.29 is 4.89 Å². The molecule has 1 nitrogen and oxygen atoms in total. The van der Waals surface area contributed by atoms with E-state index in [1.165, 1.54) is 16.2 Å². The molecule has 0 saturated carbocycles. The first-order chi connectivity index (χ1) is 12.4. The molecule has 0 aromatic heterocycles. The predicted molar refractivity (Wildman–Crippen MR) is 121 cm³/mol. The van der Waals surface area contributed by atoms with Gasteiger partial charge in [0, 0.05) is 0 Å². The van der Waals surface area contributed by atoms with Crippen molar-refractivity contribution in [1.82, 2.24) is 0 Å². The van der Waals surface area contributed by atoms with Crippen molar-refractivity contribution in [3.63, 3.8) is 0 Å². The summed E-state index contributed by atoms with van der Waals surface area (Å²) in [6.07, 6.45) is 6.65. The van der Waals surface area contributed by atoms with Crippen LogP contribution in [-0.2, 0) is 0 Å². The molecule has 0 bridgehead atoms. The summed E-state index contributed by atoms with van der Waals surface area (Å²) in [5.74, 6) is 0. The summed E-state index contributed by atoms with van der Waals surface area (Å²) in [6.45, 7) is 8.88. The molecule has 0 amide bonds. The summed E-state index contributed by atoms with van der Waals surface area (Å²) in [5.41, 5.74) is 2.06. The summed E-state index contributed by atoms with van der Waals surface area (Å²) < 4.78 is 0. The molecule has 0 heterocycles. The quantitative estimate of drug-likeness (QED) is 0.718. The maximum atomic E-state index is 11.1. The van der Waals surface area contributed by atoms with E-state index in [1.807, 2.05) is 0 Å². The van der Waals surface area contributed by atoms with E-state index in [0.29, 0.717) is 5.66 Å². The molecule has 1 N–H and O–H groups in total. The summed E-state index contributed by atoms with van der Waals surface area (Å²) in [6, 6.07) is 21.7. The Balaban J connectivity index is 1.97. The van der Waals surface area contributed by atoms with E-state index in [9.17, 15) is 4.89 Å². The SMILES string of the molecule is C[C@@H](C1=CC=CC1[PH2](O)C(C)(C)C)P(c1ccccc1)c1ccccc1. The molecule has 2 atom stereocenters. The van der Waals surface area contributed by atoms with Gasteiger partial charge in [-0.05, 0) is 0 Å². The zero-order chi connectivity index (χ0) is 18.7. The summed E-state index contributed by atoms with van der Waals surface area (Å²) in [4.78, 5) is 11.1. The minimum absolute atomic E-state index is 0.000403. The molecule has 1 aliphatic carbocycles. The van der Waals surface area contributed by atoms with E-state index in [2.05, 4.69) is 107 Å². The van der Waals surface area contributed by atoms with Gasteiger partial charge in [0.2, 0.25) is 0 Å². The second-order valence-corrected chi connectivity index (χ2v) is 14.0. The zero-order valence-electron chi connectivity index (χ0n) is 16.1. The number of allylic oxidation sites excluding steroid dienone is 4. The second-order valence-electron chi connectivity index (χ2n) is 8.11. The molecule has 3 heteroatoms.